The van der Waals surface area contributed by atoms with Gasteiger partial charge in [-0.15, -0.1) is 0 Å². The largest absolute Gasteiger partial charge is 0.508 e. The highest BCUT2D eigenvalue weighted by Gasteiger charge is 2.04. The molecule has 0 atom stereocenters. The van der Waals surface area contributed by atoms with Gasteiger partial charge in [-0.25, -0.2) is 4.98 Å². The minimum atomic E-state index is -0.194. The summed E-state index contributed by atoms with van der Waals surface area (Å²) in [5.41, 5.74) is 0.454. The summed E-state index contributed by atoms with van der Waals surface area (Å²) in [5, 5.41) is 12.0. The number of rotatable bonds is 4. The van der Waals surface area contributed by atoms with Crippen molar-refractivity contribution >= 4 is 5.91 Å². The van der Waals surface area contributed by atoms with Gasteiger partial charge in [-0.2, -0.15) is 0 Å². The third kappa shape index (κ3) is 3.07. The smallest absolute Gasteiger partial charge is 0.251 e. The van der Waals surface area contributed by atoms with E-state index in [-0.39, 0.29) is 11.7 Å². The van der Waals surface area contributed by atoms with Crippen LogP contribution in [0.2, 0.25) is 0 Å². The van der Waals surface area contributed by atoms with E-state index in [1.165, 1.54) is 12.1 Å². The van der Waals surface area contributed by atoms with Crippen LogP contribution >= 0.6 is 0 Å². The van der Waals surface area contributed by atoms with Crippen LogP contribution in [0.25, 0.3) is 0 Å². The van der Waals surface area contributed by atoms with Crippen LogP contribution in [-0.4, -0.2) is 27.1 Å². The van der Waals surface area contributed by atoms with Gasteiger partial charge >= 0.3 is 0 Å². The summed E-state index contributed by atoms with van der Waals surface area (Å²) in [6, 6.07) is 6.27. The molecule has 0 fully saturated rings. The first-order chi connectivity index (χ1) is 8.25. The molecule has 1 aromatic heterocycles. The SMILES string of the molecule is O=C(NCCn1ccnc1)c1cccc(O)c1. The first-order valence-corrected chi connectivity index (χ1v) is 5.29. The zero-order valence-electron chi connectivity index (χ0n) is 9.21. The van der Waals surface area contributed by atoms with Crippen LogP contribution < -0.4 is 5.32 Å². The molecule has 0 aliphatic heterocycles. The van der Waals surface area contributed by atoms with E-state index in [1.54, 1.807) is 24.7 Å². The molecule has 0 saturated carbocycles. The molecule has 88 valence electrons. The minimum Gasteiger partial charge on any atom is -0.508 e. The van der Waals surface area contributed by atoms with Crippen molar-refractivity contribution in [1.82, 2.24) is 14.9 Å². The second-order valence-electron chi connectivity index (χ2n) is 3.61. The van der Waals surface area contributed by atoms with Gasteiger partial charge in [0.05, 0.1) is 6.33 Å². The lowest BCUT2D eigenvalue weighted by molar-refractivity contribution is 0.0952. The van der Waals surface area contributed by atoms with Crippen LogP contribution in [0, 0.1) is 0 Å². The molecule has 0 aliphatic rings. The number of phenols is 1. The summed E-state index contributed by atoms with van der Waals surface area (Å²) >= 11 is 0. The maximum atomic E-state index is 11.7. The molecular weight excluding hydrogens is 218 g/mol. The summed E-state index contributed by atoms with van der Waals surface area (Å²) < 4.78 is 1.88. The molecule has 17 heavy (non-hydrogen) atoms. The number of amides is 1. The van der Waals surface area contributed by atoms with E-state index in [0.29, 0.717) is 18.7 Å². The van der Waals surface area contributed by atoms with Gasteiger partial charge in [0.25, 0.3) is 5.91 Å². The van der Waals surface area contributed by atoms with Crippen LogP contribution in [0.15, 0.2) is 43.0 Å². The number of phenolic OH excluding ortho intramolecular Hbond substituents is 1. The fourth-order valence-corrected chi connectivity index (χ4v) is 1.47. The Kier molecular flexibility index (Phi) is 3.40. The molecule has 0 radical (unpaired) electrons. The van der Waals surface area contributed by atoms with Gasteiger partial charge in [0.2, 0.25) is 0 Å². The van der Waals surface area contributed by atoms with E-state index >= 15 is 0 Å². The van der Waals surface area contributed by atoms with Crippen molar-refractivity contribution in [2.24, 2.45) is 0 Å². The fraction of sp³-hybridized carbons (Fsp3) is 0.167. The quantitative estimate of drug-likeness (QED) is 0.825. The third-order valence-electron chi connectivity index (χ3n) is 2.32. The number of aromatic hydroxyl groups is 1. The first-order valence-electron chi connectivity index (χ1n) is 5.29. The Hall–Kier alpha value is -2.30. The van der Waals surface area contributed by atoms with Crippen LogP contribution in [-0.2, 0) is 6.54 Å². The topological polar surface area (TPSA) is 67.2 Å². The molecule has 2 rings (SSSR count). The third-order valence-corrected chi connectivity index (χ3v) is 2.32. The number of hydrogen-bond acceptors (Lipinski definition) is 3. The Bertz CT molecular complexity index is 494. The van der Waals surface area contributed by atoms with Gasteiger partial charge in [-0.05, 0) is 18.2 Å². The van der Waals surface area contributed by atoms with Gasteiger partial charge in [-0.1, -0.05) is 6.07 Å². The Balaban J connectivity index is 1.85. The van der Waals surface area contributed by atoms with Gasteiger partial charge in [0.1, 0.15) is 5.75 Å². The second-order valence-corrected chi connectivity index (χ2v) is 3.61. The molecule has 0 aliphatic carbocycles. The summed E-state index contributed by atoms with van der Waals surface area (Å²) in [7, 11) is 0. The van der Waals surface area contributed by atoms with Crippen molar-refractivity contribution in [2.45, 2.75) is 6.54 Å². The predicted octanol–water partition coefficient (Wildman–Crippen LogP) is 1.02. The average Bonchev–Trinajstić information content (AvgIpc) is 2.82. The number of nitrogens with one attached hydrogen (secondary N) is 1. The number of hydrogen-bond donors (Lipinski definition) is 2. The van der Waals surface area contributed by atoms with Gasteiger partial charge in [-0.3, -0.25) is 4.79 Å². The molecule has 1 amide bonds. The van der Waals surface area contributed by atoms with Gasteiger partial charge < -0.3 is 15.0 Å². The summed E-state index contributed by atoms with van der Waals surface area (Å²) in [4.78, 5) is 15.6. The normalized spacial score (nSPS) is 10.1. The van der Waals surface area contributed by atoms with Crippen molar-refractivity contribution in [3.63, 3.8) is 0 Å². The van der Waals surface area contributed by atoms with Gasteiger partial charge in [0.15, 0.2) is 0 Å². The van der Waals surface area contributed by atoms with E-state index in [0.717, 1.165) is 0 Å². The Morgan fingerprint density at radius 1 is 1.47 bits per heavy atom. The fourth-order valence-electron chi connectivity index (χ4n) is 1.47. The standard InChI is InChI=1S/C12H13N3O2/c16-11-3-1-2-10(8-11)12(17)14-5-7-15-6-4-13-9-15/h1-4,6,8-9,16H,5,7H2,(H,14,17). The summed E-state index contributed by atoms with van der Waals surface area (Å²) in [6.45, 7) is 1.19. The second kappa shape index (κ2) is 5.16. The molecule has 2 N–H and O–H groups in total. The van der Waals surface area contributed by atoms with Crippen molar-refractivity contribution in [2.75, 3.05) is 6.54 Å². The first kappa shape index (κ1) is 11.2. The van der Waals surface area contributed by atoms with Crippen LogP contribution in [0.3, 0.4) is 0 Å². The molecule has 2 aromatic rings. The Morgan fingerprint density at radius 3 is 3.06 bits per heavy atom. The zero-order valence-corrected chi connectivity index (χ0v) is 9.21. The Morgan fingerprint density at radius 2 is 2.35 bits per heavy atom. The molecule has 0 saturated heterocycles. The molecule has 0 bridgehead atoms. The number of nitrogens with zero attached hydrogens (tertiary/aromatic N) is 2. The maximum Gasteiger partial charge on any atom is 0.251 e. The van der Waals surface area contributed by atoms with E-state index in [4.69, 9.17) is 0 Å². The molecular formula is C12H13N3O2. The molecule has 5 heteroatoms. The summed E-state index contributed by atoms with van der Waals surface area (Å²) in [5.74, 6) is -0.103. The molecule has 1 heterocycles. The lowest BCUT2D eigenvalue weighted by Gasteiger charge is -2.05. The maximum absolute atomic E-state index is 11.7. The molecule has 1 aromatic carbocycles. The highest BCUT2D eigenvalue weighted by atomic mass is 16.3. The monoisotopic (exact) mass is 231 g/mol. The van der Waals surface area contributed by atoms with E-state index < -0.39 is 0 Å². The van der Waals surface area contributed by atoms with E-state index in [2.05, 4.69) is 10.3 Å². The number of aromatic nitrogens is 2. The number of carbonyl (C=O) groups excluding carboxylic acids is 1. The van der Waals surface area contributed by atoms with Crippen LogP contribution in [0.5, 0.6) is 5.75 Å². The van der Waals surface area contributed by atoms with Crippen molar-refractivity contribution in [3.8, 4) is 5.75 Å². The number of carbonyl (C=O) groups is 1. The van der Waals surface area contributed by atoms with Gasteiger partial charge in [0, 0.05) is 31.0 Å². The highest BCUT2D eigenvalue weighted by molar-refractivity contribution is 5.94. The highest BCUT2D eigenvalue weighted by Crippen LogP contribution is 2.10. The van der Waals surface area contributed by atoms with E-state index in [9.17, 15) is 9.90 Å². The zero-order chi connectivity index (χ0) is 12.1. The average molecular weight is 231 g/mol. The van der Waals surface area contributed by atoms with Crippen molar-refractivity contribution < 1.29 is 9.90 Å². The Labute approximate surface area is 98.7 Å². The van der Waals surface area contributed by atoms with Crippen LogP contribution in [0.1, 0.15) is 10.4 Å². The molecule has 0 unspecified atom stereocenters. The number of imidazole rings is 1. The lowest BCUT2D eigenvalue weighted by Crippen LogP contribution is -2.26. The predicted molar refractivity (Wildman–Crippen MR) is 62.7 cm³/mol. The lowest BCUT2D eigenvalue weighted by atomic mass is 10.2. The van der Waals surface area contributed by atoms with Crippen molar-refractivity contribution in [3.05, 3.63) is 48.5 Å². The minimum absolute atomic E-state index is 0.0901. The molecule has 5 nitrogen and oxygen atoms in total. The van der Waals surface area contributed by atoms with Crippen LogP contribution in [0.4, 0.5) is 0 Å². The number of benzene rings is 1. The van der Waals surface area contributed by atoms with E-state index in [1.807, 2.05) is 10.8 Å². The summed E-state index contributed by atoms with van der Waals surface area (Å²) in [6.07, 6.45) is 5.22. The molecule has 0 spiro atoms. The van der Waals surface area contributed by atoms with Crippen molar-refractivity contribution in [1.29, 1.82) is 0 Å².